The van der Waals surface area contributed by atoms with Crippen LogP contribution in [0.25, 0.3) is 0 Å². The highest BCUT2D eigenvalue weighted by molar-refractivity contribution is 14.0. The number of aryl methyl sites for hydroxylation is 2. The van der Waals surface area contributed by atoms with Crippen molar-refractivity contribution in [2.24, 2.45) is 4.99 Å². The van der Waals surface area contributed by atoms with Crippen LogP contribution in [0.3, 0.4) is 0 Å². The van der Waals surface area contributed by atoms with Gasteiger partial charge in [-0.05, 0) is 43.5 Å². The minimum absolute atomic E-state index is 0. The monoisotopic (exact) mass is 462 g/mol. The number of nitrogens with zero attached hydrogens (tertiary/aromatic N) is 2. The Kier molecular flexibility index (Phi) is 9.20. The fourth-order valence-corrected chi connectivity index (χ4v) is 2.96. The number of nitrogens with one attached hydrogen (secondary N) is 2. The molecule has 0 aliphatic carbocycles. The minimum Gasteiger partial charge on any atom is -0.356 e. The molecule has 0 saturated heterocycles. The van der Waals surface area contributed by atoms with Crippen LogP contribution < -0.4 is 10.6 Å². The van der Waals surface area contributed by atoms with E-state index in [1.807, 2.05) is 19.9 Å². The summed E-state index contributed by atoms with van der Waals surface area (Å²) in [7, 11) is 1.76. The Morgan fingerprint density at radius 3 is 2.50 bits per heavy atom. The number of hydrogen-bond acceptors (Lipinski definition) is 3. The summed E-state index contributed by atoms with van der Waals surface area (Å²) >= 11 is 1.67. The molecule has 2 N–H and O–H groups in total. The van der Waals surface area contributed by atoms with E-state index in [1.165, 1.54) is 6.07 Å². The highest BCUT2D eigenvalue weighted by atomic mass is 127. The normalized spacial score (nSPS) is 11.1. The van der Waals surface area contributed by atoms with Gasteiger partial charge in [0.15, 0.2) is 5.96 Å². The fourth-order valence-electron chi connectivity index (χ4n) is 2.31. The number of halogens is 2. The largest absolute Gasteiger partial charge is 0.356 e. The first-order valence-corrected chi connectivity index (χ1v) is 8.57. The van der Waals surface area contributed by atoms with E-state index in [9.17, 15) is 4.39 Å². The molecule has 0 radical (unpaired) electrons. The van der Waals surface area contributed by atoms with E-state index in [0.29, 0.717) is 0 Å². The van der Waals surface area contributed by atoms with E-state index >= 15 is 0 Å². The molecule has 0 atom stereocenters. The van der Waals surface area contributed by atoms with Gasteiger partial charge in [0, 0.05) is 31.9 Å². The number of hydrogen-bond donors (Lipinski definition) is 2. The smallest absolute Gasteiger partial charge is 0.190 e. The fraction of sp³-hybridized carbons (Fsp3) is 0.412. The minimum atomic E-state index is -0.186. The topological polar surface area (TPSA) is 49.3 Å². The van der Waals surface area contributed by atoms with E-state index in [4.69, 9.17) is 0 Å². The second-order valence-corrected chi connectivity index (χ2v) is 6.42. The molecule has 0 unspecified atom stereocenters. The Labute approximate surface area is 164 Å². The van der Waals surface area contributed by atoms with E-state index in [-0.39, 0.29) is 29.8 Å². The second-order valence-electron chi connectivity index (χ2n) is 5.35. The molecule has 1 aromatic carbocycles. The van der Waals surface area contributed by atoms with E-state index in [0.717, 1.165) is 53.7 Å². The maximum Gasteiger partial charge on any atom is 0.190 e. The molecule has 4 nitrogen and oxygen atoms in total. The molecule has 2 aromatic rings. The number of benzene rings is 1. The summed E-state index contributed by atoms with van der Waals surface area (Å²) in [4.78, 5) is 8.65. The Morgan fingerprint density at radius 1 is 1.21 bits per heavy atom. The lowest BCUT2D eigenvalue weighted by molar-refractivity contribution is 0.625. The molecule has 2 rings (SSSR count). The first-order valence-electron chi connectivity index (χ1n) is 7.69. The molecular formula is C17H24FIN4S. The van der Waals surface area contributed by atoms with Gasteiger partial charge in [-0.3, -0.25) is 4.99 Å². The van der Waals surface area contributed by atoms with Gasteiger partial charge in [-0.1, -0.05) is 6.07 Å². The molecular weight excluding hydrogens is 438 g/mol. The summed E-state index contributed by atoms with van der Waals surface area (Å²) in [6, 6.07) is 4.91. The number of rotatable bonds is 6. The van der Waals surface area contributed by atoms with Gasteiger partial charge in [0.2, 0.25) is 0 Å². The van der Waals surface area contributed by atoms with Crippen molar-refractivity contribution in [1.82, 2.24) is 15.6 Å². The number of guanidine groups is 1. The Morgan fingerprint density at radius 2 is 1.92 bits per heavy atom. The number of thiazole rings is 1. The third-order valence-corrected chi connectivity index (χ3v) is 4.38. The molecule has 1 heterocycles. The van der Waals surface area contributed by atoms with Gasteiger partial charge in [0.1, 0.15) is 5.82 Å². The molecule has 1 aromatic heterocycles. The van der Waals surface area contributed by atoms with E-state index < -0.39 is 0 Å². The highest BCUT2D eigenvalue weighted by Crippen LogP contribution is 2.10. The predicted molar refractivity (Wildman–Crippen MR) is 110 cm³/mol. The van der Waals surface area contributed by atoms with Gasteiger partial charge in [-0.2, -0.15) is 0 Å². The van der Waals surface area contributed by atoms with Crippen LogP contribution in [0.2, 0.25) is 0 Å². The Bertz CT molecular complexity index is 672. The van der Waals surface area contributed by atoms with Crippen LogP contribution in [-0.2, 0) is 12.8 Å². The van der Waals surface area contributed by atoms with Gasteiger partial charge in [0.05, 0.1) is 10.7 Å². The first kappa shape index (κ1) is 20.8. The van der Waals surface area contributed by atoms with Crippen molar-refractivity contribution >= 4 is 41.3 Å². The zero-order chi connectivity index (χ0) is 16.7. The summed E-state index contributed by atoms with van der Waals surface area (Å²) in [5.41, 5.74) is 3.23. The number of aromatic nitrogens is 1. The molecule has 7 heteroatoms. The second kappa shape index (κ2) is 10.6. The summed E-state index contributed by atoms with van der Waals surface area (Å²) in [5, 5.41) is 9.74. The summed E-state index contributed by atoms with van der Waals surface area (Å²) in [6.45, 7) is 5.49. The molecule has 0 fully saturated rings. The summed E-state index contributed by atoms with van der Waals surface area (Å²) < 4.78 is 13.1. The predicted octanol–water partition coefficient (Wildman–Crippen LogP) is 3.47. The Balaban J connectivity index is 0.00000288. The first-order chi connectivity index (χ1) is 11.1. The molecule has 0 amide bonds. The van der Waals surface area contributed by atoms with Crippen molar-refractivity contribution in [2.75, 3.05) is 20.1 Å². The van der Waals surface area contributed by atoms with Crippen molar-refractivity contribution in [3.05, 3.63) is 51.2 Å². The molecule has 24 heavy (non-hydrogen) atoms. The van der Waals surface area contributed by atoms with Crippen molar-refractivity contribution in [3.8, 4) is 0 Å². The van der Waals surface area contributed by atoms with Crippen molar-refractivity contribution in [3.63, 3.8) is 0 Å². The quantitative estimate of drug-likeness (QED) is 0.393. The van der Waals surface area contributed by atoms with Crippen molar-refractivity contribution in [1.29, 1.82) is 0 Å². The maximum atomic E-state index is 13.1. The third-order valence-electron chi connectivity index (χ3n) is 3.56. The molecule has 132 valence electrons. The average molecular weight is 462 g/mol. The highest BCUT2D eigenvalue weighted by Gasteiger charge is 2.03. The Hall–Kier alpha value is -1.22. The van der Waals surface area contributed by atoms with E-state index in [1.54, 1.807) is 24.5 Å². The molecule has 0 spiro atoms. The van der Waals surface area contributed by atoms with Crippen LogP contribution in [0.15, 0.2) is 28.6 Å². The molecule has 0 aliphatic rings. The number of aliphatic imine (C=N–C) groups is 1. The van der Waals surface area contributed by atoms with Gasteiger partial charge in [-0.15, -0.1) is 35.3 Å². The maximum absolute atomic E-state index is 13.1. The lowest BCUT2D eigenvalue weighted by atomic mass is 10.1. The lowest BCUT2D eigenvalue weighted by Gasteiger charge is -2.12. The molecule has 0 aliphatic heterocycles. The van der Waals surface area contributed by atoms with Gasteiger partial charge < -0.3 is 10.6 Å². The van der Waals surface area contributed by atoms with Crippen LogP contribution in [-0.4, -0.2) is 31.1 Å². The van der Waals surface area contributed by atoms with Gasteiger partial charge in [-0.25, -0.2) is 9.37 Å². The van der Waals surface area contributed by atoms with Crippen LogP contribution in [0.1, 0.15) is 21.8 Å². The zero-order valence-corrected chi connectivity index (χ0v) is 17.4. The van der Waals surface area contributed by atoms with Crippen molar-refractivity contribution in [2.45, 2.75) is 26.7 Å². The molecule has 0 saturated carbocycles. The van der Waals surface area contributed by atoms with Crippen LogP contribution in [0, 0.1) is 19.7 Å². The third kappa shape index (κ3) is 6.72. The van der Waals surface area contributed by atoms with Gasteiger partial charge >= 0.3 is 0 Å². The summed E-state index contributed by atoms with van der Waals surface area (Å²) in [5.74, 6) is 0.589. The SMILES string of the molecule is CN=C(NCCc1csc(C)n1)NCCc1ccc(F)cc1C.I. The van der Waals surface area contributed by atoms with Crippen LogP contribution in [0.4, 0.5) is 4.39 Å². The zero-order valence-electron chi connectivity index (χ0n) is 14.2. The van der Waals surface area contributed by atoms with Crippen molar-refractivity contribution < 1.29 is 4.39 Å². The lowest BCUT2D eigenvalue weighted by Crippen LogP contribution is -2.39. The van der Waals surface area contributed by atoms with E-state index in [2.05, 4.69) is 26.0 Å². The van der Waals surface area contributed by atoms with Crippen LogP contribution in [0.5, 0.6) is 0 Å². The standard InChI is InChI=1S/C17H23FN4S.HI/c1-12-10-15(18)5-4-14(12)6-8-20-17(19-3)21-9-7-16-11-23-13(2)22-16;/h4-5,10-11H,6-9H2,1-3H3,(H2,19,20,21);1H. The van der Waals surface area contributed by atoms with Gasteiger partial charge in [0.25, 0.3) is 0 Å². The van der Waals surface area contributed by atoms with Crippen LogP contribution >= 0.6 is 35.3 Å². The molecule has 0 bridgehead atoms. The summed E-state index contributed by atoms with van der Waals surface area (Å²) in [6.07, 6.45) is 1.71. The average Bonchev–Trinajstić information content (AvgIpc) is 2.93.